The van der Waals surface area contributed by atoms with Gasteiger partial charge in [-0.2, -0.15) is 0 Å². The Balaban J connectivity index is 1.64. The third-order valence-electron chi connectivity index (χ3n) is 12.5. The van der Waals surface area contributed by atoms with Crippen molar-refractivity contribution in [2.75, 3.05) is 13.2 Å². The SMILES string of the molecule is CC(=O)N[C@@H]1[C@@H](O)[C@H](O)[C@@H](CO)O[C@H]1NC(=O)C[C@@H]1NC(=O)[C@H](CC(C)C)NC(=O)[C@@H](CNC(=O)OC(C)(C)C)NC(=O)[C@H](Cc2ccccc2)NC(=O)[C@H](Cc2c[nH]c3ccccc23)NC(=O)[C@H](CC(=O)OC(C)(C)C)NC1=O. The zero-order valence-corrected chi connectivity index (χ0v) is 46.3. The number of alkyl carbamates (subject to hydrolysis) is 1. The van der Waals surface area contributed by atoms with Crippen LogP contribution in [0.4, 0.5) is 4.79 Å². The molecule has 0 radical (unpaired) electrons. The molecule has 0 unspecified atom stereocenters. The number of hydrogen-bond acceptors (Lipinski definition) is 16. The van der Waals surface area contributed by atoms with Crippen LogP contribution in [0.1, 0.15) is 92.7 Å². The van der Waals surface area contributed by atoms with E-state index in [0.717, 1.165) is 6.92 Å². The molecule has 2 aliphatic heterocycles. The lowest BCUT2D eigenvalue weighted by atomic mass is 9.95. The van der Waals surface area contributed by atoms with Crippen molar-refractivity contribution in [2.45, 2.75) is 172 Å². The molecule has 3 heterocycles. The second kappa shape index (κ2) is 28.0. The normalized spacial score (nSPS) is 25.7. The molecule has 13 N–H and O–H groups in total. The Morgan fingerprint density at radius 1 is 0.637 bits per heavy atom. The highest BCUT2D eigenvalue weighted by Crippen LogP contribution is 2.22. The Labute approximate surface area is 462 Å². The molecule has 0 spiro atoms. The Hall–Kier alpha value is -7.68. The average Bonchev–Trinajstić information content (AvgIpc) is 3.85. The summed E-state index contributed by atoms with van der Waals surface area (Å²) in [5.41, 5.74) is -0.351. The van der Waals surface area contributed by atoms with Gasteiger partial charge in [0.2, 0.25) is 47.3 Å². The van der Waals surface area contributed by atoms with Gasteiger partial charge in [-0.3, -0.25) is 43.2 Å². The van der Waals surface area contributed by atoms with Crippen LogP contribution < -0.4 is 47.9 Å². The number of nitrogens with one attached hydrogen (secondary N) is 10. The highest BCUT2D eigenvalue weighted by atomic mass is 16.6. The van der Waals surface area contributed by atoms with E-state index in [2.05, 4.69) is 52.8 Å². The second-order valence-corrected chi connectivity index (χ2v) is 22.2. The highest BCUT2D eigenvalue weighted by molar-refractivity contribution is 6.00. The minimum Gasteiger partial charge on any atom is -0.460 e. The monoisotopic (exact) mass is 1120 g/mol. The largest absolute Gasteiger partial charge is 0.460 e. The Kier molecular flexibility index (Phi) is 22.1. The number of aliphatic hydroxyl groups excluding tert-OH is 3. The lowest BCUT2D eigenvalue weighted by molar-refractivity contribution is -0.203. The summed E-state index contributed by atoms with van der Waals surface area (Å²) in [5.74, 6) is -9.55. The van der Waals surface area contributed by atoms with Crippen LogP contribution >= 0.6 is 0 Å². The summed E-state index contributed by atoms with van der Waals surface area (Å²) < 4.78 is 16.6. The number of aromatic nitrogens is 1. The predicted octanol–water partition coefficient (Wildman–Crippen LogP) is -1.37. The average molecular weight is 1120 g/mol. The van der Waals surface area contributed by atoms with Crippen LogP contribution in [0.25, 0.3) is 10.9 Å². The summed E-state index contributed by atoms with van der Waals surface area (Å²) in [6.45, 7) is 12.5. The third-order valence-corrected chi connectivity index (χ3v) is 12.5. The number of fused-ring (bicyclic) bond motifs is 1. The molecule has 3 aromatic rings. The molecule has 80 heavy (non-hydrogen) atoms. The van der Waals surface area contributed by atoms with Gasteiger partial charge in [0.05, 0.1) is 26.0 Å². The quantitative estimate of drug-likeness (QED) is 0.0781. The van der Waals surface area contributed by atoms with E-state index >= 15 is 0 Å². The lowest BCUT2D eigenvalue weighted by Gasteiger charge is -2.42. The topological polar surface area (TPSA) is 383 Å². The van der Waals surface area contributed by atoms with Crippen molar-refractivity contribution in [1.82, 2.24) is 52.8 Å². The molecule has 2 saturated heterocycles. The van der Waals surface area contributed by atoms with Gasteiger partial charge in [-0.05, 0) is 71.1 Å². The second-order valence-electron chi connectivity index (χ2n) is 22.2. The van der Waals surface area contributed by atoms with Gasteiger partial charge in [0.1, 0.15) is 71.8 Å². The van der Waals surface area contributed by atoms with E-state index < -0.39 is 163 Å². The van der Waals surface area contributed by atoms with Crippen LogP contribution in [0.5, 0.6) is 0 Å². The van der Waals surface area contributed by atoms with E-state index in [9.17, 15) is 63.3 Å². The molecule has 2 fully saturated rings. The van der Waals surface area contributed by atoms with Crippen LogP contribution in [0.2, 0.25) is 0 Å². The van der Waals surface area contributed by atoms with Gasteiger partial charge in [-0.1, -0.05) is 62.4 Å². The standard InChI is InChI=1S/C54H76N10O16/c1-27(2)19-33-45(71)61-36(22-40(67)64-51-42(57-28(3)66)44(70)43(69)39(26-65)78-51)48(74)62-37(23-41(68)79-53(4,5)6)49(75)60-35(21-30-24-55-32-18-14-13-17-31(30)32)47(73)59-34(20-29-15-11-10-12-16-29)46(72)63-38(50(76)58-33)25-56-52(77)80-54(7,8)9/h10-18,24,27,33-39,42-44,51,55,65,69-70H,19-23,25-26H2,1-9H3,(H,56,77)(H,57,66)(H,58,76)(H,59,73)(H,60,75)(H,61,71)(H,62,74)(H,63,72)(H,64,67)/t33-,34-,35-,36-,37-,38+,39+,42+,43+,44+,51+/m0/s1. The summed E-state index contributed by atoms with van der Waals surface area (Å²) in [6, 6.07) is 3.86. The fraction of sp³-hybridized carbons (Fsp3) is 0.556. The fourth-order valence-electron chi connectivity index (χ4n) is 8.84. The number of H-pyrrole nitrogens is 1. The number of esters is 1. The molecular weight excluding hydrogens is 1040 g/mol. The van der Waals surface area contributed by atoms with Crippen molar-refractivity contribution in [3.05, 3.63) is 71.9 Å². The van der Waals surface area contributed by atoms with Gasteiger partial charge in [0.15, 0.2) is 6.23 Å². The molecule has 1 aromatic heterocycles. The van der Waals surface area contributed by atoms with Crippen molar-refractivity contribution in [1.29, 1.82) is 0 Å². The molecule has 26 heteroatoms. The summed E-state index contributed by atoms with van der Waals surface area (Å²) in [4.78, 5) is 144. The van der Waals surface area contributed by atoms with Crippen LogP contribution in [0.3, 0.4) is 0 Å². The van der Waals surface area contributed by atoms with Gasteiger partial charge in [-0.25, -0.2) is 4.79 Å². The fourth-order valence-corrected chi connectivity index (χ4v) is 8.84. The first-order chi connectivity index (χ1) is 37.5. The maximum Gasteiger partial charge on any atom is 0.407 e. The number of rotatable bonds is 15. The van der Waals surface area contributed by atoms with Crippen LogP contribution in [0, 0.1) is 5.92 Å². The molecule has 9 amide bonds. The van der Waals surface area contributed by atoms with Crippen molar-refractivity contribution >= 4 is 70.2 Å². The van der Waals surface area contributed by atoms with Crippen molar-refractivity contribution in [3.63, 3.8) is 0 Å². The highest BCUT2D eigenvalue weighted by Gasteiger charge is 2.46. The molecule has 438 valence electrons. The molecule has 0 aliphatic carbocycles. The van der Waals surface area contributed by atoms with Crippen LogP contribution in [-0.4, -0.2) is 171 Å². The lowest BCUT2D eigenvalue weighted by Crippen LogP contribution is -2.68. The number of aliphatic hydroxyl groups is 3. The van der Waals surface area contributed by atoms with Gasteiger partial charge in [0.25, 0.3) is 0 Å². The molecule has 2 aromatic carbocycles. The Morgan fingerprint density at radius 3 is 1.74 bits per heavy atom. The number of amides is 9. The van der Waals surface area contributed by atoms with E-state index in [1.54, 1.807) is 116 Å². The Morgan fingerprint density at radius 2 is 1.15 bits per heavy atom. The van der Waals surface area contributed by atoms with E-state index in [1.165, 1.54) is 0 Å². The number of para-hydroxylation sites is 1. The third kappa shape index (κ3) is 19.0. The van der Waals surface area contributed by atoms with Gasteiger partial charge >= 0.3 is 12.1 Å². The van der Waals surface area contributed by atoms with Crippen LogP contribution in [0.15, 0.2) is 60.8 Å². The number of aromatic amines is 1. The maximum absolute atomic E-state index is 14.9. The molecule has 2 aliphatic rings. The summed E-state index contributed by atoms with van der Waals surface area (Å²) in [6.07, 6.45) is -8.47. The Bertz CT molecular complexity index is 2710. The zero-order chi connectivity index (χ0) is 59.2. The number of benzene rings is 2. The van der Waals surface area contributed by atoms with E-state index in [1.807, 2.05) is 0 Å². The van der Waals surface area contributed by atoms with E-state index in [-0.39, 0.29) is 25.2 Å². The van der Waals surface area contributed by atoms with Gasteiger partial charge in [-0.15, -0.1) is 0 Å². The summed E-state index contributed by atoms with van der Waals surface area (Å²) in [7, 11) is 0. The van der Waals surface area contributed by atoms with Crippen molar-refractivity contribution in [3.8, 4) is 0 Å². The smallest absolute Gasteiger partial charge is 0.407 e. The zero-order valence-electron chi connectivity index (χ0n) is 46.3. The molecule has 5 rings (SSSR count). The van der Waals surface area contributed by atoms with Crippen molar-refractivity contribution < 1.29 is 77.5 Å². The maximum atomic E-state index is 14.9. The number of carbonyl (C=O) groups excluding carboxylic acids is 10. The number of hydrogen-bond donors (Lipinski definition) is 13. The van der Waals surface area contributed by atoms with E-state index in [4.69, 9.17) is 14.2 Å². The summed E-state index contributed by atoms with van der Waals surface area (Å²) >= 11 is 0. The molecule has 11 atom stereocenters. The van der Waals surface area contributed by atoms with Gasteiger partial charge < -0.3 is 82.4 Å². The molecular formula is C54H76N10O16. The number of ether oxygens (including phenoxy) is 3. The van der Waals surface area contributed by atoms with Crippen LogP contribution in [-0.2, 0) is 70.2 Å². The molecule has 0 bridgehead atoms. The first-order valence-electron chi connectivity index (χ1n) is 26.3. The molecule has 0 saturated carbocycles. The van der Waals surface area contributed by atoms with E-state index in [0.29, 0.717) is 22.0 Å². The molecule has 26 nitrogen and oxygen atoms in total. The van der Waals surface area contributed by atoms with Crippen molar-refractivity contribution in [2.24, 2.45) is 5.92 Å². The first-order valence-corrected chi connectivity index (χ1v) is 26.3. The minimum atomic E-state index is -2.00. The minimum absolute atomic E-state index is 0.135. The summed E-state index contributed by atoms with van der Waals surface area (Å²) in [5, 5.41) is 54.8. The number of carbonyl (C=O) groups is 10. The predicted molar refractivity (Wildman–Crippen MR) is 286 cm³/mol. The van der Waals surface area contributed by atoms with Gasteiger partial charge in [0, 0.05) is 36.9 Å². The first kappa shape index (κ1) is 63.2.